The second-order valence-electron chi connectivity index (χ2n) is 5.42. The Labute approximate surface area is 125 Å². The van der Waals surface area contributed by atoms with Crippen molar-refractivity contribution in [1.82, 2.24) is 0 Å². The van der Waals surface area contributed by atoms with Gasteiger partial charge in [0.1, 0.15) is 5.75 Å². The predicted molar refractivity (Wildman–Crippen MR) is 84.0 cm³/mol. The number of carbonyl (C=O) groups excluding carboxylic acids is 1. The molecule has 1 amide bonds. The van der Waals surface area contributed by atoms with Gasteiger partial charge >= 0.3 is 0 Å². The molecule has 0 unspecified atom stereocenters. The van der Waals surface area contributed by atoms with Crippen molar-refractivity contribution in [1.29, 1.82) is 0 Å². The molecule has 0 saturated carbocycles. The standard InChI is InChI=1S/C18H19NO2/c1-13-8-9-15-12-16(21-2)10-11-17(15)19(13)18(20)14-6-4-3-5-7-14/h3-7,10-13H,8-9H2,1-2H3/t13-/m1/s1. The highest BCUT2D eigenvalue weighted by Crippen LogP contribution is 2.34. The average Bonchev–Trinajstić information content (AvgIpc) is 2.54. The van der Waals surface area contributed by atoms with E-state index in [-0.39, 0.29) is 11.9 Å². The summed E-state index contributed by atoms with van der Waals surface area (Å²) in [5, 5.41) is 0. The molecular weight excluding hydrogens is 262 g/mol. The molecule has 108 valence electrons. The minimum Gasteiger partial charge on any atom is -0.497 e. The average molecular weight is 281 g/mol. The fraction of sp³-hybridized carbons (Fsp3) is 0.278. The highest BCUT2D eigenvalue weighted by molar-refractivity contribution is 6.07. The number of aryl methyl sites for hydroxylation is 1. The highest BCUT2D eigenvalue weighted by Gasteiger charge is 2.29. The maximum absolute atomic E-state index is 12.8. The Balaban J connectivity index is 2.01. The van der Waals surface area contributed by atoms with Crippen LogP contribution in [0.3, 0.4) is 0 Å². The largest absolute Gasteiger partial charge is 0.497 e. The Kier molecular flexibility index (Phi) is 3.65. The lowest BCUT2D eigenvalue weighted by molar-refractivity contribution is 0.0975. The maximum atomic E-state index is 12.8. The van der Waals surface area contributed by atoms with E-state index < -0.39 is 0 Å². The molecule has 3 heteroatoms. The molecule has 1 aliphatic rings. The van der Waals surface area contributed by atoms with Gasteiger partial charge in [-0.15, -0.1) is 0 Å². The summed E-state index contributed by atoms with van der Waals surface area (Å²) in [6.45, 7) is 2.11. The van der Waals surface area contributed by atoms with Crippen LogP contribution in [0.2, 0.25) is 0 Å². The van der Waals surface area contributed by atoms with E-state index in [1.807, 2.05) is 53.4 Å². The van der Waals surface area contributed by atoms with E-state index in [0.717, 1.165) is 29.8 Å². The molecule has 2 aromatic carbocycles. The van der Waals surface area contributed by atoms with Crippen LogP contribution in [0, 0.1) is 0 Å². The molecule has 0 aliphatic carbocycles. The maximum Gasteiger partial charge on any atom is 0.258 e. The number of methoxy groups -OCH3 is 1. The molecule has 0 saturated heterocycles. The van der Waals surface area contributed by atoms with Gasteiger partial charge in [0, 0.05) is 17.3 Å². The molecule has 0 N–H and O–H groups in total. The van der Waals surface area contributed by atoms with Crippen LogP contribution in [0.4, 0.5) is 5.69 Å². The van der Waals surface area contributed by atoms with Gasteiger partial charge in [-0.25, -0.2) is 0 Å². The van der Waals surface area contributed by atoms with E-state index >= 15 is 0 Å². The first-order valence-corrected chi connectivity index (χ1v) is 7.26. The Morgan fingerprint density at radius 1 is 1.19 bits per heavy atom. The summed E-state index contributed by atoms with van der Waals surface area (Å²) >= 11 is 0. The summed E-state index contributed by atoms with van der Waals surface area (Å²) in [6.07, 6.45) is 1.95. The molecule has 0 fully saturated rings. The summed E-state index contributed by atoms with van der Waals surface area (Å²) < 4.78 is 5.28. The highest BCUT2D eigenvalue weighted by atomic mass is 16.5. The number of anilines is 1. The topological polar surface area (TPSA) is 29.5 Å². The predicted octanol–water partition coefficient (Wildman–Crippen LogP) is 3.68. The lowest BCUT2D eigenvalue weighted by Gasteiger charge is -2.35. The molecule has 0 radical (unpaired) electrons. The fourth-order valence-electron chi connectivity index (χ4n) is 2.88. The lowest BCUT2D eigenvalue weighted by Crippen LogP contribution is -2.42. The van der Waals surface area contributed by atoms with Gasteiger partial charge in [-0.05, 0) is 55.7 Å². The van der Waals surface area contributed by atoms with Crippen LogP contribution < -0.4 is 9.64 Å². The van der Waals surface area contributed by atoms with Crippen LogP contribution in [0.5, 0.6) is 5.75 Å². The minimum absolute atomic E-state index is 0.0641. The van der Waals surface area contributed by atoms with Gasteiger partial charge < -0.3 is 9.64 Å². The first-order chi connectivity index (χ1) is 10.2. The molecule has 2 aromatic rings. The van der Waals surface area contributed by atoms with Crippen molar-refractivity contribution in [2.75, 3.05) is 12.0 Å². The van der Waals surface area contributed by atoms with Crippen LogP contribution in [-0.4, -0.2) is 19.1 Å². The fourth-order valence-corrected chi connectivity index (χ4v) is 2.88. The van der Waals surface area contributed by atoms with E-state index in [4.69, 9.17) is 4.74 Å². The number of ether oxygens (including phenoxy) is 1. The number of carbonyl (C=O) groups is 1. The van der Waals surface area contributed by atoms with E-state index in [1.54, 1.807) is 7.11 Å². The molecule has 0 spiro atoms. The monoisotopic (exact) mass is 281 g/mol. The number of amides is 1. The summed E-state index contributed by atoms with van der Waals surface area (Å²) in [5.41, 5.74) is 2.91. The van der Waals surface area contributed by atoms with E-state index in [9.17, 15) is 4.79 Å². The van der Waals surface area contributed by atoms with Crippen LogP contribution >= 0.6 is 0 Å². The third-order valence-electron chi connectivity index (χ3n) is 4.06. The molecule has 1 heterocycles. The summed E-state index contributed by atoms with van der Waals surface area (Å²) in [7, 11) is 1.67. The molecular formula is C18H19NO2. The van der Waals surface area contributed by atoms with Gasteiger partial charge in [0.25, 0.3) is 5.91 Å². The van der Waals surface area contributed by atoms with Crippen LogP contribution in [0.1, 0.15) is 29.3 Å². The van der Waals surface area contributed by atoms with Crippen molar-refractivity contribution in [3.8, 4) is 5.75 Å². The van der Waals surface area contributed by atoms with Crippen LogP contribution in [0.15, 0.2) is 48.5 Å². The van der Waals surface area contributed by atoms with Gasteiger partial charge in [-0.3, -0.25) is 4.79 Å². The zero-order chi connectivity index (χ0) is 14.8. The van der Waals surface area contributed by atoms with Crippen molar-refractivity contribution in [3.63, 3.8) is 0 Å². The Morgan fingerprint density at radius 2 is 1.95 bits per heavy atom. The molecule has 0 bridgehead atoms. The first-order valence-electron chi connectivity index (χ1n) is 7.26. The number of benzene rings is 2. The third-order valence-corrected chi connectivity index (χ3v) is 4.06. The summed E-state index contributed by atoms with van der Waals surface area (Å²) in [5.74, 6) is 0.907. The summed E-state index contributed by atoms with van der Waals surface area (Å²) in [4.78, 5) is 14.7. The van der Waals surface area contributed by atoms with Gasteiger partial charge in [-0.2, -0.15) is 0 Å². The number of fused-ring (bicyclic) bond motifs is 1. The second kappa shape index (κ2) is 5.60. The minimum atomic E-state index is 0.0641. The number of nitrogens with zero attached hydrogens (tertiary/aromatic N) is 1. The molecule has 3 rings (SSSR count). The number of hydrogen-bond acceptors (Lipinski definition) is 2. The zero-order valence-corrected chi connectivity index (χ0v) is 12.4. The van der Waals surface area contributed by atoms with Gasteiger partial charge in [0.2, 0.25) is 0 Å². The Hall–Kier alpha value is -2.29. The smallest absolute Gasteiger partial charge is 0.258 e. The number of hydrogen-bond donors (Lipinski definition) is 0. The normalized spacial score (nSPS) is 17.2. The summed E-state index contributed by atoms with van der Waals surface area (Å²) in [6, 6.07) is 15.6. The van der Waals surface area contributed by atoms with Gasteiger partial charge in [-0.1, -0.05) is 18.2 Å². The van der Waals surface area contributed by atoms with Crippen LogP contribution in [-0.2, 0) is 6.42 Å². The molecule has 0 aromatic heterocycles. The zero-order valence-electron chi connectivity index (χ0n) is 12.4. The third kappa shape index (κ3) is 2.51. The van der Waals surface area contributed by atoms with Crippen LogP contribution in [0.25, 0.3) is 0 Å². The Bertz CT molecular complexity index is 652. The van der Waals surface area contributed by atoms with Crippen molar-refractivity contribution in [2.45, 2.75) is 25.8 Å². The van der Waals surface area contributed by atoms with Gasteiger partial charge in [0.15, 0.2) is 0 Å². The molecule has 1 atom stereocenters. The molecule has 21 heavy (non-hydrogen) atoms. The second-order valence-corrected chi connectivity index (χ2v) is 5.42. The molecule has 3 nitrogen and oxygen atoms in total. The van der Waals surface area contributed by atoms with Crippen molar-refractivity contribution in [3.05, 3.63) is 59.7 Å². The quantitative estimate of drug-likeness (QED) is 0.840. The van der Waals surface area contributed by atoms with E-state index in [0.29, 0.717) is 0 Å². The van der Waals surface area contributed by atoms with E-state index in [2.05, 4.69) is 6.92 Å². The van der Waals surface area contributed by atoms with E-state index in [1.165, 1.54) is 5.56 Å². The Morgan fingerprint density at radius 3 is 2.67 bits per heavy atom. The lowest BCUT2D eigenvalue weighted by atomic mass is 9.95. The van der Waals surface area contributed by atoms with Crippen molar-refractivity contribution >= 4 is 11.6 Å². The van der Waals surface area contributed by atoms with Crippen molar-refractivity contribution in [2.24, 2.45) is 0 Å². The molecule has 1 aliphatic heterocycles. The van der Waals surface area contributed by atoms with Crippen molar-refractivity contribution < 1.29 is 9.53 Å². The van der Waals surface area contributed by atoms with Gasteiger partial charge in [0.05, 0.1) is 7.11 Å². The number of rotatable bonds is 2. The SMILES string of the molecule is COc1ccc2c(c1)CC[C@@H](C)N2C(=O)c1ccccc1. The first kappa shape index (κ1) is 13.7.